The second-order valence-corrected chi connectivity index (χ2v) is 21.7. The molecule has 0 saturated carbocycles. The maximum atomic E-state index is 2.45. The van der Waals surface area contributed by atoms with Crippen LogP contribution in [0.15, 0.2) is 273 Å². The lowest BCUT2D eigenvalue weighted by atomic mass is 9.92. The number of nitrogens with zero attached hydrogens (tertiary/aromatic N) is 1. The fourth-order valence-corrected chi connectivity index (χ4v) is 16.4. The van der Waals surface area contributed by atoms with Crippen LogP contribution in [-0.2, 0) is 0 Å². The Kier molecular flexibility index (Phi) is 9.59. The minimum Gasteiger partial charge on any atom is -0.311 e. The van der Waals surface area contributed by atoms with E-state index in [9.17, 15) is 0 Å². The molecule has 1 aliphatic heterocycles. The first-order chi connectivity index (χ1) is 33.7. The molecule has 1 heterocycles. The fourth-order valence-electron chi connectivity index (χ4n) is 11.2. The summed E-state index contributed by atoms with van der Waals surface area (Å²) in [6, 6.07) is 101. The molecule has 0 atom stereocenters. The number of hydrogen-bond donors (Lipinski definition) is 0. The Morgan fingerprint density at radius 1 is 0.221 bits per heavy atom. The number of anilines is 3. The highest BCUT2D eigenvalue weighted by atomic mass is 28.3. The van der Waals surface area contributed by atoms with Crippen LogP contribution in [0.4, 0.5) is 17.1 Å². The van der Waals surface area contributed by atoms with Crippen LogP contribution in [0, 0.1) is 0 Å². The summed E-state index contributed by atoms with van der Waals surface area (Å²) < 4.78 is 0. The van der Waals surface area contributed by atoms with Crippen LogP contribution >= 0.6 is 0 Å². The molecule has 0 aromatic heterocycles. The third-order valence-corrected chi connectivity index (χ3v) is 19.2. The van der Waals surface area contributed by atoms with Gasteiger partial charge in [-0.05, 0) is 146 Å². The van der Waals surface area contributed by atoms with Gasteiger partial charge >= 0.3 is 0 Å². The van der Waals surface area contributed by atoms with E-state index < -0.39 is 8.07 Å². The van der Waals surface area contributed by atoms with E-state index in [-0.39, 0.29) is 0 Å². The molecule has 0 amide bonds. The maximum Gasteiger partial charge on any atom is 0.180 e. The first kappa shape index (κ1) is 39.8. The van der Waals surface area contributed by atoms with Gasteiger partial charge in [0.25, 0.3) is 0 Å². The van der Waals surface area contributed by atoms with Gasteiger partial charge in [0.1, 0.15) is 0 Å². The summed E-state index contributed by atoms with van der Waals surface area (Å²) in [7, 11) is -2.54. The van der Waals surface area contributed by atoms with Gasteiger partial charge in [0.15, 0.2) is 8.07 Å². The van der Waals surface area contributed by atoms with Crippen molar-refractivity contribution in [2.45, 2.75) is 0 Å². The molecule has 1 aliphatic rings. The molecule has 0 saturated heterocycles. The first-order valence-electron chi connectivity index (χ1n) is 23.6. The largest absolute Gasteiger partial charge is 0.311 e. The van der Waals surface area contributed by atoms with Crippen LogP contribution in [0.25, 0.3) is 76.8 Å². The number of hydrogen-bond acceptors (Lipinski definition) is 1. The Morgan fingerprint density at radius 2 is 0.574 bits per heavy atom. The van der Waals surface area contributed by atoms with Crippen molar-refractivity contribution in [3.8, 4) is 44.5 Å². The summed E-state index contributed by atoms with van der Waals surface area (Å²) in [5.41, 5.74) is 13.2. The Bertz CT molecular complexity index is 3730. The molecule has 12 aromatic rings. The Hall–Kier alpha value is -8.56. The highest BCUT2D eigenvalue weighted by Crippen LogP contribution is 2.41. The predicted octanol–water partition coefficient (Wildman–Crippen LogP) is 15.0. The van der Waals surface area contributed by atoms with Crippen molar-refractivity contribution >= 4 is 78.2 Å². The van der Waals surface area contributed by atoms with E-state index in [1.165, 1.54) is 97.6 Å². The van der Waals surface area contributed by atoms with Crippen LogP contribution in [0.2, 0.25) is 0 Å². The van der Waals surface area contributed by atoms with Gasteiger partial charge in [0, 0.05) is 17.1 Å². The van der Waals surface area contributed by atoms with E-state index in [1.54, 1.807) is 0 Å². The van der Waals surface area contributed by atoms with Crippen molar-refractivity contribution in [3.05, 3.63) is 273 Å². The highest BCUT2D eigenvalue weighted by molar-refractivity contribution is 7.22. The lowest BCUT2D eigenvalue weighted by molar-refractivity contribution is 1.28. The summed E-state index contributed by atoms with van der Waals surface area (Å²) in [5.74, 6) is 0. The van der Waals surface area contributed by atoms with Crippen LogP contribution in [-0.4, -0.2) is 8.07 Å². The van der Waals surface area contributed by atoms with Gasteiger partial charge in [0.2, 0.25) is 0 Å². The molecule has 68 heavy (non-hydrogen) atoms. The maximum absolute atomic E-state index is 2.54. The van der Waals surface area contributed by atoms with E-state index in [4.69, 9.17) is 0 Å². The van der Waals surface area contributed by atoms with Crippen LogP contribution in [0.3, 0.4) is 0 Å². The molecule has 1 nitrogen and oxygen atoms in total. The SMILES string of the molecule is c1ccc(-c2ccc(N(c3ccc(-c4ccc5c(c4)-c4ccccc4[Si]5(c4ccccc4)c4ccccc4)cc3)c3ccc(-c4ccc5c6ccccc6c6ccccc6c5c4)cc3)cc2)cc1. The van der Waals surface area contributed by atoms with Gasteiger partial charge in [-0.2, -0.15) is 0 Å². The minimum atomic E-state index is -2.54. The average molecular weight is 880 g/mol. The summed E-state index contributed by atoms with van der Waals surface area (Å²) in [6.45, 7) is 0. The molecule has 2 heteroatoms. The number of rotatable bonds is 8. The van der Waals surface area contributed by atoms with E-state index in [0.29, 0.717) is 0 Å². The van der Waals surface area contributed by atoms with Crippen molar-refractivity contribution in [1.82, 2.24) is 0 Å². The molecular weight excluding hydrogens is 835 g/mol. The van der Waals surface area contributed by atoms with Gasteiger partial charge < -0.3 is 4.90 Å². The van der Waals surface area contributed by atoms with E-state index in [2.05, 4.69) is 278 Å². The molecule has 12 aromatic carbocycles. The van der Waals surface area contributed by atoms with Gasteiger partial charge in [-0.1, -0.05) is 224 Å². The van der Waals surface area contributed by atoms with Gasteiger partial charge in [-0.15, -0.1) is 0 Å². The average Bonchev–Trinajstić information content (AvgIpc) is 3.72. The second kappa shape index (κ2) is 16.4. The highest BCUT2D eigenvalue weighted by Gasteiger charge is 2.48. The molecule has 0 fully saturated rings. The van der Waals surface area contributed by atoms with Crippen molar-refractivity contribution in [3.63, 3.8) is 0 Å². The second-order valence-electron chi connectivity index (χ2n) is 18.0. The molecule has 13 rings (SSSR count). The zero-order valence-electron chi connectivity index (χ0n) is 37.4. The lowest BCUT2D eigenvalue weighted by Gasteiger charge is -2.31. The van der Waals surface area contributed by atoms with Crippen molar-refractivity contribution in [2.24, 2.45) is 0 Å². The molecule has 0 radical (unpaired) electrons. The quantitative estimate of drug-likeness (QED) is 0.109. The molecule has 0 aliphatic carbocycles. The molecule has 0 N–H and O–H groups in total. The monoisotopic (exact) mass is 879 g/mol. The molecule has 0 spiro atoms. The first-order valence-corrected chi connectivity index (χ1v) is 25.6. The zero-order valence-corrected chi connectivity index (χ0v) is 38.4. The summed E-state index contributed by atoms with van der Waals surface area (Å²) >= 11 is 0. The Morgan fingerprint density at radius 3 is 1.10 bits per heavy atom. The standard InChI is InChI=1S/C66H45NSi/c1-4-16-46(17-5-1)47-28-36-52(37-29-47)67(53-38-30-48(31-39-53)50-34-42-61-59-24-11-10-22-57(59)58-23-12-13-25-60(58)63(61)44-50)54-40-32-49(33-41-54)51-35-43-66-64(45-51)62-26-14-15-27-65(62)68(66,55-18-6-2-7-19-55)56-20-8-3-9-21-56/h1-45H. The smallest absolute Gasteiger partial charge is 0.180 e. The Labute approximate surface area is 398 Å². The van der Waals surface area contributed by atoms with E-state index in [1.807, 2.05) is 0 Å². The van der Waals surface area contributed by atoms with Gasteiger partial charge in [-0.3, -0.25) is 0 Å². The number of fused-ring (bicyclic) bond motifs is 9. The minimum absolute atomic E-state index is 1.10. The van der Waals surface area contributed by atoms with Crippen molar-refractivity contribution < 1.29 is 0 Å². The normalized spacial score (nSPS) is 12.5. The van der Waals surface area contributed by atoms with Crippen LogP contribution in [0.5, 0.6) is 0 Å². The van der Waals surface area contributed by atoms with Crippen LogP contribution in [0.1, 0.15) is 0 Å². The van der Waals surface area contributed by atoms with Crippen molar-refractivity contribution in [1.29, 1.82) is 0 Å². The molecular formula is C66H45NSi. The van der Waals surface area contributed by atoms with Gasteiger partial charge in [-0.25, -0.2) is 0 Å². The molecule has 0 unspecified atom stereocenters. The number of benzene rings is 12. The molecule has 318 valence electrons. The third kappa shape index (κ3) is 6.45. The topological polar surface area (TPSA) is 3.24 Å². The van der Waals surface area contributed by atoms with Crippen molar-refractivity contribution in [2.75, 3.05) is 4.90 Å². The summed E-state index contributed by atoms with van der Waals surface area (Å²) in [4.78, 5) is 2.38. The summed E-state index contributed by atoms with van der Waals surface area (Å²) in [6.07, 6.45) is 0. The third-order valence-electron chi connectivity index (χ3n) is 14.4. The van der Waals surface area contributed by atoms with E-state index >= 15 is 0 Å². The molecule has 0 bridgehead atoms. The summed E-state index contributed by atoms with van der Waals surface area (Å²) in [5, 5.41) is 13.5. The fraction of sp³-hybridized carbons (Fsp3) is 0. The van der Waals surface area contributed by atoms with E-state index in [0.717, 1.165) is 17.1 Å². The zero-order chi connectivity index (χ0) is 45.0. The lowest BCUT2D eigenvalue weighted by Crippen LogP contribution is -2.72. The predicted molar refractivity (Wildman–Crippen MR) is 293 cm³/mol. The Balaban J connectivity index is 0.888. The van der Waals surface area contributed by atoms with Gasteiger partial charge in [0.05, 0.1) is 0 Å². The van der Waals surface area contributed by atoms with Crippen LogP contribution < -0.4 is 25.6 Å².